The van der Waals surface area contributed by atoms with Gasteiger partial charge in [0.1, 0.15) is 5.69 Å². The van der Waals surface area contributed by atoms with Crippen LogP contribution in [0.3, 0.4) is 0 Å². The van der Waals surface area contributed by atoms with E-state index in [1.165, 1.54) is 6.42 Å². The number of amides is 1. The molecule has 2 unspecified atom stereocenters. The highest BCUT2D eigenvalue weighted by molar-refractivity contribution is 5.92. The summed E-state index contributed by atoms with van der Waals surface area (Å²) < 4.78 is 0. The van der Waals surface area contributed by atoms with Gasteiger partial charge in [0, 0.05) is 31.4 Å². The molecule has 2 aliphatic heterocycles. The molecule has 4 rings (SSSR count). The predicted molar refractivity (Wildman–Crippen MR) is 73.8 cm³/mol. The number of nitrogens with one attached hydrogen (secondary N) is 1. The van der Waals surface area contributed by atoms with Crippen LogP contribution < -0.4 is 5.32 Å². The van der Waals surface area contributed by atoms with E-state index in [-0.39, 0.29) is 5.91 Å². The fraction of sp³-hybridized carbons (Fsp3) is 0.600. The van der Waals surface area contributed by atoms with E-state index >= 15 is 0 Å². The summed E-state index contributed by atoms with van der Waals surface area (Å²) in [6.45, 7) is 6.71. The first-order valence-corrected chi connectivity index (χ1v) is 7.11. The second-order valence-electron chi connectivity index (χ2n) is 6.02. The number of carbonyl (C=O) groups excluding carboxylic acids is 1. The molecular weight excluding hydrogens is 238 g/mol. The molecule has 4 heteroatoms. The average Bonchev–Trinajstić information content (AvgIpc) is 2.45. The maximum Gasteiger partial charge on any atom is 0.270 e. The van der Waals surface area contributed by atoms with E-state index in [9.17, 15) is 4.79 Å². The Morgan fingerprint density at radius 2 is 2.11 bits per heavy atom. The standard InChI is InChI=1S/C15H21N3O/c1-10(2)18-8-11-7-12(9-18)14(11)17-15(19)13-5-3-4-6-16-13/h3-6,10-12,14H,7-9H2,1-2H3,(H,17,19). The van der Waals surface area contributed by atoms with Crippen LogP contribution in [0.2, 0.25) is 0 Å². The number of pyridine rings is 1. The van der Waals surface area contributed by atoms with Crippen LogP contribution in [0.5, 0.6) is 0 Å². The predicted octanol–water partition coefficient (Wildman–Crippen LogP) is 1.54. The van der Waals surface area contributed by atoms with E-state index in [2.05, 4.69) is 29.0 Å². The van der Waals surface area contributed by atoms with Crippen LogP contribution in [-0.4, -0.2) is 41.0 Å². The first-order valence-electron chi connectivity index (χ1n) is 7.11. The highest BCUT2D eigenvalue weighted by Gasteiger charge is 2.47. The lowest BCUT2D eigenvalue weighted by Crippen LogP contribution is -2.65. The Kier molecular flexibility index (Phi) is 3.27. The van der Waals surface area contributed by atoms with Gasteiger partial charge in [0.15, 0.2) is 0 Å². The summed E-state index contributed by atoms with van der Waals surface area (Å²) >= 11 is 0. The molecule has 2 atom stereocenters. The number of hydrogen-bond acceptors (Lipinski definition) is 3. The minimum atomic E-state index is -0.0294. The van der Waals surface area contributed by atoms with Crippen LogP contribution in [-0.2, 0) is 0 Å². The van der Waals surface area contributed by atoms with Gasteiger partial charge in [-0.3, -0.25) is 9.78 Å². The van der Waals surface area contributed by atoms with Crippen molar-refractivity contribution in [2.24, 2.45) is 11.8 Å². The van der Waals surface area contributed by atoms with Crippen LogP contribution in [0.25, 0.3) is 0 Å². The molecule has 3 heterocycles. The van der Waals surface area contributed by atoms with Gasteiger partial charge >= 0.3 is 0 Å². The molecule has 1 saturated carbocycles. The van der Waals surface area contributed by atoms with Crippen LogP contribution in [0.4, 0.5) is 0 Å². The number of aromatic nitrogens is 1. The molecule has 4 nitrogen and oxygen atoms in total. The molecule has 0 spiro atoms. The SMILES string of the molecule is CC(C)N1CC2CC(C1)C2NC(=O)c1ccccn1. The number of piperidine rings is 2. The van der Waals surface area contributed by atoms with Crippen molar-refractivity contribution in [1.82, 2.24) is 15.2 Å². The van der Waals surface area contributed by atoms with Crippen LogP contribution in [0, 0.1) is 11.8 Å². The van der Waals surface area contributed by atoms with Gasteiger partial charge in [0.25, 0.3) is 5.91 Å². The number of fused-ring (bicyclic) bond motifs is 2. The zero-order chi connectivity index (χ0) is 13.4. The van der Waals surface area contributed by atoms with Gasteiger partial charge in [0.05, 0.1) is 0 Å². The van der Waals surface area contributed by atoms with Gasteiger partial charge in [-0.1, -0.05) is 6.07 Å². The van der Waals surface area contributed by atoms with E-state index in [1.807, 2.05) is 12.1 Å². The lowest BCUT2D eigenvalue weighted by atomic mass is 9.66. The molecule has 1 aromatic heterocycles. The summed E-state index contributed by atoms with van der Waals surface area (Å²) in [6, 6.07) is 6.41. The Bertz CT molecular complexity index is 448. The quantitative estimate of drug-likeness (QED) is 0.895. The Balaban J connectivity index is 1.60. The molecule has 1 amide bonds. The normalized spacial score (nSPS) is 29.9. The summed E-state index contributed by atoms with van der Waals surface area (Å²) in [5, 5.41) is 3.17. The fourth-order valence-electron chi connectivity index (χ4n) is 3.30. The fourth-order valence-corrected chi connectivity index (χ4v) is 3.30. The van der Waals surface area contributed by atoms with Crippen molar-refractivity contribution in [2.75, 3.05) is 13.1 Å². The highest BCUT2D eigenvalue weighted by atomic mass is 16.2. The highest BCUT2D eigenvalue weighted by Crippen LogP contribution is 2.40. The Morgan fingerprint density at radius 1 is 1.37 bits per heavy atom. The van der Waals surface area contributed by atoms with E-state index in [1.54, 1.807) is 12.3 Å². The Labute approximate surface area is 114 Å². The number of carbonyl (C=O) groups is 1. The Hall–Kier alpha value is -1.42. The third-order valence-corrected chi connectivity index (χ3v) is 4.48. The van der Waals surface area contributed by atoms with E-state index in [4.69, 9.17) is 0 Å². The smallest absolute Gasteiger partial charge is 0.270 e. The van der Waals surface area contributed by atoms with Crippen molar-refractivity contribution in [1.29, 1.82) is 0 Å². The van der Waals surface area contributed by atoms with Crippen molar-refractivity contribution in [3.8, 4) is 0 Å². The minimum Gasteiger partial charge on any atom is -0.347 e. The molecular formula is C15H21N3O. The minimum absolute atomic E-state index is 0.0294. The maximum absolute atomic E-state index is 12.1. The second-order valence-corrected chi connectivity index (χ2v) is 6.02. The molecule has 3 fully saturated rings. The van der Waals surface area contributed by atoms with Crippen LogP contribution >= 0.6 is 0 Å². The molecule has 19 heavy (non-hydrogen) atoms. The molecule has 0 radical (unpaired) electrons. The van der Waals surface area contributed by atoms with Gasteiger partial charge < -0.3 is 10.2 Å². The largest absolute Gasteiger partial charge is 0.347 e. The van der Waals surface area contributed by atoms with Crippen LogP contribution in [0.15, 0.2) is 24.4 Å². The molecule has 102 valence electrons. The van der Waals surface area contributed by atoms with E-state index < -0.39 is 0 Å². The summed E-state index contributed by atoms with van der Waals surface area (Å²) in [5.74, 6) is 1.21. The zero-order valence-electron chi connectivity index (χ0n) is 11.5. The summed E-state index contributed by atoms with van der Waals surface area (Å²) in [5.41, 5.74) is 0.521. The molecule has 1 aliphatic carbocycles. The molecule has 1 N–H and O–H groups in total. The van der Waals surface area contributed by atoms with Crippen molar-refractivity contribution in [3.05, 3.63) is 30.1 Å². The van der Waals surface area contributed by atoms with E-state index in [0.717, 1.165) is 13.1 Å². The van der Waals surface area contributed by atoms with Gasteiger partial charge in [-0.25, -0.2) is 0 Å². The van der Waals surface area contributed by atoms with Gasteiger partial charge in [-0.05, 0) is 44.2 Å². The first kappa shape index (κ1) is 12.6. The van der Waals surface area contributed by atoms with Crippen molar-refractivity contribution in [3.63, 3.8) is 0 Å². The average molecular weight is 259 g/mol. The topological polar surface area (TPSA) is 45.2 Å². The molecule has 3 aliphatic rings. The summed E-state index contributed by atoms with van der Waals surface area (Å²) in [4.78, 5) is 18.7. The second kappa shape index (κ2) is 4.93. The summed E-state index contributed by atoms with van der Waals surface area (Å²) in [6.07, 6.45) is 2.92. The number of hydrogen-bond donors (Lipinski definition) is 1. The van der Waals surface area contributed by atoms with Crippen molar-refractivity contribution < 1.29 is 4.79 Å². The number of nitrogens with zero attached hydrogens (tertiary/aromatic N) is 2. The molecule has 2 bridgehead atoms. The Morgan fingerprint density at radius 3 is 2.68 bits per heavy atom. The molecule has 2 saturated heterocycles. The molecule has 0 aromatic carbocycles. The van der Waals surface area contributed by atoms with Crippen molar-refractivity contribution in [2.45, 2.75) is 32.4 Å². The third kappa shape index (κ3) is 2.37. The van der Waals surface area contributed by atoms with Gasteiger partial charge in [-0.15, -0.1) is 0 Å². The first-order chi connectivity index (χ1) is 9.15. The van der Waals surface area contributed by atoms with Gasteiger partial charge in [0.2, 0.25) is 0 Å². The number of rotatable bonds is 3. The lowest BCUT2D eigenvalue weighted by Gasteiger charge is -2.54. The molecule has 1 aromatic rings. The lowest BCUT2D eigenvalue weighted by molar-refractivity contribution is -0.0256. The monoisotopic (exact) mass is 259 g/mol. The summed E-state index contributed by atoms with van der Waals surface area (Å²) in [7, 11) is 0. The van der Waals surface area contributed by atoms with Crippen LogP contribution in [0.1, 0.15) is 30.8 Å². The zero-order valence-corrected chi connectivity index (χ0v) is 11.5. The maximum atomic E-state index is 12.1. The van der Waals surface area contributed by atoms with E-state index in [0.29, 0.717) is 29.6 Å². The van der Waals surface area contributed by atoms with Crippen molar-refractivity contribution >= 4 is 5.91 Å². The van der Waals surface area contributed by atoms with Gasteiger partial charge in [-0.2, -0.15) is 0 Å². The third-order valence-electron chi connectivity index (χ3n) is 4.48.